The third-order valence-corrected chi connectivity index (χ3v) is 5.03. The van der Waals surface area contributed by atoms with Crippen LogP contribution in [0.25, 0.3) is 0 Å². The molecule has 0 radical (unpaired) electrons. The van der Waals surface area contributed by atoms with Crippen LogP contribution in [0, 0.1) is 5.92 Å². The maximum absolute atomic E-state index is 13.0. The zero-order valence-corrected chi connectivity index (χ0v) is 16.9. The highest BCUT2D eigenvalue weighted by Gasteiger charge is 2.28. The number of piperidine rings is 1. The molecule has 2 atom stereocenters. The van der Waals surface area contributed by atoms with Crippen molar-refractivity contribution in [3.63, 3.8) is 0 Å². The summed E-state index contributed by atoms with van der Waals surface area (Å²) >= 11 is 3.51. The third kappa shape index (κ3) is 6.36. The molecule has 1 amide bonds. The number of benzene rings is 1. The van der Waals surface area contributed by atoms with Crippen LogP contribution in [-0.2, 0) is 16.0 Å². The predicted molar refractivity (Wildman–Crippen MR) is 104 cm³/mol. The van der Waals surface area contributed by atoms with Gasteiger partial charge in [-0.3, -0.25) is 4.79 Å². The fourth-order valence-electron chi connectivity index (χ4n) is 3.19. The van der Waals surface area contributed by atoms with Gasteiger partial charge in [0.15, 0.2) is 0 Å². The minimum absolute atomic E-state index is 0. The van der Waals surface area contributed by atoms with E-state index in [4.69, 9.17) is 4.74 Å². The van der Waals surface area contributed by atoms with Gasteiger partial charge in [0.2, 0.25) is 5.91 Å². The van der Waals surface area contributed by atoms with Gasteiger partial charge in [-0.15, -0.1) is 12.4 Å². The molecule has 0 saturated carbocycles. The van der Waals surface area contributed by atoms with Crippen LogP contribution in [-0.4, -0.2) is 50.7 Å². The predicted octanol–water partition coefficient (Wildman–Crippen LogP) is 3.28. The van der Waals surface area contributed by atoms with Crippen LogP contribution in [0.15, 0.2) is 28.7 Å². The van der Waals surface area contributed by atoms with E-state index in [-0.39, 0.29) is 24.2 Å². The van der Waals surface area contributed by atoms with E-state index in [1.165, 1.54) is 5.56 Å². The lowest BCUT2D eigenvalue weighted by molar-refractivity contribution is -0.137. The van der Waals surface area contributed by atoms with Crippen molar-refractivity contribution >= 4 is 34.2 Å². The summed E-state index contributed by atoms with van der Waals surface area (Å²) in [4.78, 5) is 15.0. The molecule has 4 nitrogen and oxygen atoms in total. The molecule has 1 N–H and O–H groups in total. The van der Waals surface area contributed by atoms with Gasteiger partial charge in [0, 0.05) is 43.2 Å². The zero-order chi connectivity index (χ0) is 16.7. The highest BCUT2D eigenvalue weighted by atomic mass is 79.9. The second-order valence-corrected chi connectivity index (χ2v) is 7.14. The topological polar surface area (TPSA) is 41.6 Å². The number of likely N-dealkylation sites (N-methyl/N-ethyl adjacent to an activating group) is 1. The number of halogens is 2. The van der Waals surface area contributed by atoms with Crippen molar-refractivity contribution < 1.29 is 9.53 Å². The highest BCUT2D eigenvalue weighted by molar-refractivity contribution is 9.10. The van der Waals surface area contributed by atoms with E-state index in [1.54, 1.807) is 7.11 Å². The van der Waals surface area contributed by atoms with Gasteiger partial charge in [0.05, 0.1) is 0 Å². The molecule has 6 heteroatoms. The van der Waals surface area contributed by atoms with E-state index in [0.717, 1.165) is 43.2 Å². The summed E-state index contributed by atoms with van der Waals surface area (Å²) in [6.07, 6.45) is 3.75. The second kappa shape index (κ2) is 11.1. The zero-order valence-electron chi connectivity index (χ0n) is 14.5. The molecule has 1 aliphatic heterocycles. The SMILES string of the molecule is CNC1CCCN(C(=O)C(CCOC)Cc2cccc(Br)c2)C1.Cl. The average Bonchev–Trinajstić information content (AvgIpc) is 2.58. The summed E-state index contributed by atoms with van der Waals surface area (Å²) < 4.78 is 6.28. The highest BCUT2D eigenvalue weighted by Crippen LogP contribution is 2.21. The third-order valence-electron chi connectivity index (χ3n) is 4.53. The van der Waals surface area contributed by atoms with Crippen LogP contribution in [0.3, 0.4) is 0 Å². The number of ether oxygens (including phenoxy) is 1. The minimum atomic E-state index is -0.0140. The number of amides is 1. The Morgan fingerprint density at radius 1 is 1.50 bits per heavy atom. The molecule has 1 heterocycles. The molecule has 1 saturated heterocycles. The average molecular weight is 420 g/mol. The Bertz CT molecular complexity index is 516. The first-order valence-electron chi connectivity index (χ1n) is 8.33. The largest absolute Gasteiger partial charge is 0.385 e. The molecule has 2 unspecified atom stereocenters. The number of carbonyl (C=O) groups is 1. The molecule has 0 aliphatic carbocycles. The molecular weight excluding hydrogens is 392 g/mol. The van der Waals surface area contributed by atoms with Gasteiger partial charge in [-0.05, 0) is 50.4 Å². The number of rotatable bonds is 7. The molecule has 0 bridgehead atoms. The van der Waals surface area contributed by atoms with Gasteiger partial charge in [-0.2, -0.15) is 0 Å². The number of nitrogens with zero attached hydrogens (tertiary/aromatic N) is 1. The summed E-state index contributed by atoms with van der Waals surface area (Å²) in [5.41, 5.74) is 1.19. The molecule has 24 heavy (non-hydrogen) atoms. The van der Waals surface area contributed by atoms with E-state index in [2.05, 4.69) is 33.4 Å². The van der Waals surface area contributed by atoms with Gasteiger partial charge in [0.1, 0.15) is 0 Å². The lowest BCUT2D eigenvalue weighted by Gasteiger charge is -2.35. The molecule has 136 valence electrons. The van der Waals surface area contributed by atoms with Crippen molar-refractivity contribution in [3.8, 4) is 0 Å². The van der Waals surface area contributed by atoms with Crippen molar-refractivity contribution in [3.05, 3.63) is 34.3 Å². The maximum atomic E-state index is 13.0. The van der Waals surface area contributed by atoms with Crippen LogP contribution in [0.4, 0.5) is 0 Å². The Labute approximate surface area is 159 Å². The van der Waals surface area contributed by atoms with Gasteiger partial charge in [0.25, 0.3) is 0 Å². The van der Waals surface area contributed by atoms with E-state index in [0.29, 0.717) is 12.6 Å². The first kappa shape index (κ1) is 21.4. The van der Waals surface area contributed by atoms with Gasteiger partial charge < -0.3 is 15.0 Å². The molecule has 0 spiro atoms. The lowest BCUT2D eigenvalue weighted by atomic mass is 9.93. The van der Waals surface area contributed by atoms with E-state index < -0.39 is 0 Å². The standard InChI is InChI=1S/C18H27BrN2O2.ClH/c1-20-17-7-4-9-21(13-17)18(22)15(8-10-23-2)11-14-5-3-6-16(19)12-14;/h3,5-6,12,15,17,20H,4,7-11,13H2,1-2H3;1H. The molecule has 1 aromatic rings. The first-order chi connectivity index (χ1) is 11.1. The van der Waals surface area contributed by atoms with Crippen LogP contribution in [0.1, 0.15) is 24.8 Å². The summed E-state index contributed by atoms with van der Waals surface area (Å²) in [7, 11) is 3.67. The van der Waals surface area contributed by atoms with Crippen molar-refractivity contribution in [2.45, 2.75) is 31.7 Å². The van der Waals surface area contributed by atoms with Crippen molar-refractivity contribution in [1.82, 2.24) is 10.2 Å². The molecule has 1 aromatic carbocycles. The molecular formula is C18H28BrClN2O2. The number of hydrogen-bond acceptors (Lipinski definition) is 3. The monoisotopic (exact) mass is 418 g/mol. The number of nitrogens with one attached hydrogen (secondary N) is 1. The molecule has 2 rings (SSSR count). The van der Waals surface area contributed by atoms with E-state index >= 15 is 0 Å². The summed E-state index contributed by atoms with van der Waals surface area (Å²) in [6, 6.07) is 8.64. The molecule has 1 aliphatic rings. The van der Waals surface area contributed by atoms with Crippen LogP contribution < -0.4 is 5.32 Å². The Morgan fingerprint density at radius 2 is 2.29 bits per heavy atom. The van der Waals surface area contributed by atoms with Crippen LogP contribution in [0.5, 0.6) is 0 Å². The van der Waals surface area contributed by atoms with Gasteiger partial charge in [-0.25, -0.2) is 0 Å². The second-order valence-electron chi connectivity index (χ2n) is 6.22. The Balaban J connectivity index is 0.00000288. The summed E-state index contributed by atoms with van der Waals surface area (Å²) in [6.45, 7) is 2.31. The number of methoxy groups -OCH3 is 1. The summed E-state index contributed by atoms with van der Waals surface area (Å²) in [5, 5.41) is 3.30. The quantitative estimate of drug-likeness (QED) is 0.737. The van der Waals surface area contributed by atoms with Crippen molar-refractivity contribution in [2.24, 2.45) is 5.92 Å². The molecule has 1 fully saturated rings. The Morgan fingerprint density at radius 3 is 2.96 bits per heavy atom. The minimum Gasteiger partial charge on any atom is -0.385 e. The first-order valence-corrected chi connectivity index (χ1v) is 9.12. The maximum Gasteiger partial charge on any atom is 0.226 e. The van der Waals surface area contributed by atoms with Crippen molar-refractivity contribution in [1.29, 1.82) is 0 Å². The number of hydrogen-bond donors (Lipinski definition) is 1. The smallest absolute Gasteiger partial charge is 0.226 e. The van der Waals surface area contributed by atoms with E-state index in [9.17, 15) is 4.79 Å². The van der Waals surface area contributed by atoms with Gasteiger partial charge >= 0.3 is 0 Å². The van der Waals surface area contributed by atoms with Crippen LogP contribution >= 0.6 is 28.3 Å². The lowest BCUT2D eigenvalue weighted by Crippen LogP contribution is -2.49. The van der Waals surface area contributed by atoms with Gasteiger partial charge in [-0.1, -0.05) is 28.1 Å². The Kier molecular flexibility index (Phi) is 9.89. The summed E-state index contributed by atoms with van der Waals surface area (Å²) in [5.74, 6) is 0.252. The fourth-order valence-corrected chi connectivity index (χ4v) is 3.64. The van der Waals surface area contributed by atoms with Crippen LogP contribution in [0.2, 0.25) is 0 Å². The number of carbonyl (C=O) groups excluding carboxylic acids is 1. The number of likely N-dealkylation sites (tertiary alicyclic amines) is 1. The fraction of sp³-hybridized carbons (Fsp3) is 0.611. The molecule has 0 aromatic heterocycles. The van der Waals surface area contributed by atoms with E-state index in [1.807, 2.05) is 24.1 Å². The normalized spacial score (nSPS) is 18.8. The van der Waals surface area contributed by atoms with Crippen molar-refractivity contribution in [2.75, 3.05) is 33.9 Å². The Hall–Kier alpha value is -0.620.